The molecular formula is C4H8ClO5P. The average Bonchev–Trinajstić information content (AvgIpc) is 1.83. The Hall–Kier alpha value is -0.0900. The number of carbonyl (C=O) groups is 1. The molecule has 0 amide bonds. The summed E-state index contributed by atoms with van der Waals surface area (Å²) in [5.74, 6) is -1.15. The van der Waals surface area contributed by atoms with Gasteiger partial charge < -0.3 is 14.5 Å². The van der Waals surface area contributed by atoms with Crippen molar-refractivity contribution in [2.24, 2.45) is 0 Å². The number of rotatable bonds is 2. The van der Waals surface area contributed by atoms with Gasteiger partial charge in [-0.2, -0.15) is 0 Å². The summed E-state index contributed by atoms with van der Waals surface area (Å²) in [5, 5.41) is 0. The van der Waals surface area contributed by atoms with Crippen LogP contribution in [-0.2, 0) is 14.1 Å². The van der Waals surface area contributed by atoms with Crippen molar-refractivity contribution in [1.82, 2.24) is 0 Å². The van der Waals surface area contributed by atoms with Crippen molar-refractivity contribution in [3.05, 3.63) is 0 Å². The van der Waals surface area contributed by atoms with Crippen LogP contribution in [0.1, 0.15) is 6.92 Å². The maximum Gasteiger partial charge on any atom is 0.357 e. The lowest BCUT2D eigenvalue weighted by molar-refractivity contribution is -0.141. The lowest BCUT2D eigenvalue weighted by Crippen LogP contribution is -2.29. The Bertz CT molecular complexity index is 207. The molecule has 2 N–H and O–H groups in total. The van der Waals surface area contributed by atoms with E-state index in [-0.39, 0.29) is 0 Å². The first-order valence-corrected chi connectivity index (χ1v) is 4.55. The van der Waals surface area contributed by atoms with E-state index in [1.54, 1.807) is 0 Å². The number of esters is 1. The highest BCUT2D eigenvalue weighted by molar-refractivity contribution is 7.57. The van der Waals surface area contributed by atoms with Crippen LogP contribution in [0.5, 0.6) is 0 Å². The second-order valence-corrected chi connectivity index (χ2v) is 4.99. The Morgan fingerprint density at radius 3 is 2.09 bits per heavy atom. The molecule has 0 rings (SSSR count). The normalized spacial score (nSPS) is 17.2. The largest absolute Gasteiger partial charge is 0.467 e. The summed E-state index contributed by atoms with van der Waals surface area (Å²) in [5.41, 5.74) is 0. The van der Waals surface area contributed by atoms with E-state index < -0.39 is 18.2 Å². The van der Waals surface area contributed by atoms with E-state index in [2.05, 4.69) is 4.74 Å². The number of methoxy groups -OCH3 is 1. The summed E-state index contributed by atoms with van der Waals surface area (Å²) in [7, 11) is -3.65. The number of ether oxygens (including phenoxy) is 1. The third kappa shape index (κ3) is 2.17. The van der Waals surface area contributed by atoms with Crippen molar-refractivity contribution in [2.75, 3.05) is 7.11 Å². The fourth-order valence-corrected chi connectivity index (χ4v) is 0.711. The van der Waals surface area contributed by atoms with Gasteiger partial charge in [0.05, 0.1) is 7.11 Å². The summed E-state index contributed by atoms with van der Waals surface area (Å²) in [4.78, 5) is 27.7. The lowest BCUT2D eigenvalue weighted by atomic mass is 10.5. The molecule has 0 aromatic carbocycles. The Labute approximate surface area is 68.5 Å². The molecule has 0 aliphatic carbocycles. The average molecular weight is 203 g/mol. The van der Waals surface area contributed by atoms with Crippen molar-refractivity contribution < 1.29 is 23.9 Å². The fraction of sp³-hybridized carbons (Fsp3) is 0.750. The topological polar surface area (TPSA) is 83.8 Å². The summed E-state index contributed by atoms with van der Waals surface area (Å²) in [6, 6.07) is 0. The lowest BCUT2D eigenvalue weighted by Gasteiger charge is -2.19. The van der Waals surface area contributed by atoms with Crippen molar-refractivity contribution in [3.63, 3.8) is 0 Å². The van der Waals surface area contributed by atoms with Gasteiger partial charge in [0.15, 0.2) is 0 Å². The molecule has 0 bridgehead atoms. The Balaban J connectivity index is 4.74. The number of carbonyl (C=O) groups excluding carboxylic acids is 1. The molecule has 0 aromatic heterocycles. The van der Waals surface area contributed by atoms with Crippen molar-refractivity contribution in [1.29, 1.82) is 0 Å². The number of hydrogen-bond donors (Lipinski definition) is 2. The number of alkyl halides is 1. The minimum Gasteiger partial charge on any atom is -0.467 e. The van der Waals surface area contributed by atoms with Crippen LogP contribution in [0.25, 0.3) is 0 Å². The van der Waals surface area contributed by atoms with Crippen LogP contribution in [-0.4, -0.2) is 27.5 Å². The zero-order valence-electron chi connectivity index (χ0n) is 5.94. The van der Waals surface area contributed by atoms with Gasteiger partial charge in [-0.15, -0.1) is 0 Å². The third-order valence-electron chi connectivity index (χ3n) is 1.10. The zero-order valence-corrected chi connectivity index (χ0v) is 7.59. The predicted octanol–water partition coefficient (Wildman–Crippen LogP) is 0.292. The molecule has 0 aromatic rings. The summed E-state index contributed by atoms with van der Waals surface area (Å²) < 4.78 is 12.3. The highest BCUT2D eigenvalue weighted by atomic mass is 35.5. The standard InChI is InChI=1S/C4H8ClO5P/c1-4(5,3(6)10-2)11(7,8)9/h1-2H3,(H2,7,8,9). The van der Waals surface area contributed by atoms with Crippen LogP contribution in [0, 0.1) is 0 Å². The SMILES string of the molecule is COC(=O)C(C)(Cl)P(=O)(O)O. The van der Waals surface area contributed by atoms with Crippen molar-refractivity contribution >= 4 is 25.2 Å². The quantitative estimate of drug-likeness (QED) is 0.382. The van der Waals surface area contributed by atoms with E-state index in [1.165, 1.54) is 0 Å². The first-order valence-electron chi connectivity index (χ1n) is 2.56. The van der Waals surface area contributed by atoms with E-state index in [1.807, 2.05) is 0 Å². The minimum absolute atomic E-state index is 0.904. The molecular weight excluding hydrogens is 194 g/mol. The molecule has 1 unspecified atom stereocenters. The summed E-state index contributed by atoms with van der Waals surface area (Å²) in [6.07, 6.45) is 0. The summed E-state index contributed by atoms with van der Waals surface area (Å²) in [6.45, 7) is 0.904. The van der Waals surface area contributed by atoms with Crippen LogP contribution in [0.15, 0.2) is 0 Å². The van der Waals surface area contributed by atoms with Gasteiger partial charge in [-0.05, 0) is 6.92 Å². The van der Waals surface area contributed by atoms with E-state index >= 15 is 0 Å². The predicted molar refractivity (Wildman–Crippen MR) is 38.3 cm³/mol. The van der Waals surface area contributed by atoms with Crippen LogP contribution in [0.2, 0.25) is 0 Å². The maximum absolute atomic E-state index is 10.6. The molecule has 1 atom stereocenters. The molecule has 66 valence electrons. The molecule has 0 saturated carbocycles. The van der Waals surface area contributed by atoms with Gasteiger partial charge >= 0.3 is 13.6 Å². The molecule has 0 fully saturated rings. The maximum atomic E-state index is 10.6. The van der Waals surface area contributed by atoms with E-state index in [9.17, 15) is 9.36 Å². The van der Waals surface area contributed by atoms with Gasteiger partial charge in [0.1, 0.15) is 0 Å². The fourth-order valence-electron chi connectivity index (χ4n) is 0.305. The van der Waals surface area contributed by atoms with Gasteiger partial charge in [0.2, 0.25) is 4.62 Å². The van der Waals surface area contributed by atoms with Crippen LogP contribution in [0.3, 0.4) is 0 Å². The van der Waals surface area contributed by atoms with E-state index in [0.717, 1.165) is 14.0 Å². The first kappa shape index (κ1) is 10.9. The highest BCUT2D eigenvalue weighted by Gasteiger charge is 2.48. The molecule has 0 heterocycles. The molecule has 5 nitrogen and oxygen atoms in total. The second kappa shape index (κ2) is 3.11. The molecule has 0 spiro atoms. The van der Waals surface area contributed by atoms with Crippen LogP contribution >= 0.6 is 19.2 Å². The van der Waals surface area contributed by atoms with Gasteiger partial charge in [0, 0.05) is 0 Å². The first-order chi connectivity index (χ1) is 4.73. The van der Waals surface area contributed by atoms with Crippen LogP contribution < -0.4 is 0 Å². The number of halogens is 1. The Morgan fingerprint density at radius 1 is 1.64 bits per heavy atom. The van der Waals surface area contributed by atoms with Gasteiger partial charge in [-0.3, -0.25) is 4.57 Å². The molecule has 0 saturated heterocycles. The minimum atomic E-state index is -4.65. The van der Waals surface area contributed by atoms with Gasteiger partial charge in [-0.1, -0.05) is 11.6 Å². The number of hydrogen-bond acceptors (Lipinski definition) is 3. The third-order valence-corrected chi connectivity index (χ3v) is 3.20. The molecule has 0 radical (unpaired) electrons. The molecule has 0 aliphatic rings. The Morgan fingerprint density at radius 2 is 2.00 bits per heavy atom. The van der Waals surface area contributed by atoms with Gasteiger partial charge in [-0.25, -0.2) is 4.79 Å². The second-order valence-electron chi connectivity index (χ2n) is 1.99. The van der Waals surface area contributed by atoms with E-state index in [4.69, 9.17) is 21.4 Å². The van der Waals surface area contributed by atoms with Gasteiger partial charge in [0.25, 0.3) is 0 Å². The monoisotopic (exact) mass is 202 g/mol. The zero-order chi connectivity index (χ0) is 9.28. The van der Waals surface area contributed by atoms with Crippen LogP contribution in [0.4, 0.5) is 0 Å². The van der Waals surface area contributed by atoms with E-state index in [0.29, 0.717) is 0 Å². The van der Waals surface area contributed by atoms with Crippen molar-refractivity contribution in [3.8, 4) is 0 Å². The Kier molecular flexibility index (Phi) is 3.08. The smallest absolute Gasteiger partial charge is 0.357 e. The molecule has 0 aliphatic heterocycles. The molecule has 7 heteroatoms. The van der Waals surface area contributed by atoms with Crippen molar-refractivity contribution in [2.45, 2.75) is 11.5 Å². The summed E-state index contributed by atoms with van der Waals surface area (Å²) >= 11 is 5.23. The molecule has 11 heavy (non-hydrogen) atoms. The highest BCUT2D eigenvalue weighted by Crippen LogP contribution is 2.53.